The van der Waals surface area contributed by atoms with Crippen LogP contribution < -0.4 is 10.0 Å². The van der Waals surface area contributed by atoms with Crippen molar-refractivity contribution in [1.82, 2.24) is 0 Å². The van der Waals surface area contributed by atoms with Gasteiger partial charge in [-0.2, -0.15) is 0 Å². The molecule has 0 aliphatic heterocycles. The van der Waals surface area contributed by atoms with Crippen LogP contribution in [0.3, 0.4) is 0 Å². The lowest BCUT2D eigenvalue weighted by Crippen LogP contribution is -2.12. The van der Waals surface area contributed by atoms with E-state index in [0.717, 1.165) is 23.4 Å². The molecule has 0 aromatic heterocycles. The van der Waals surface area contributed by atoms with Crippen LogP contribution in [-0.4, -0.2) is 25.5 Å². The van der Waals surface area contributed by atoms with E-state index in [1.54, 1.807) is 48.5 Å². The minimum atomic E-state index is -3.34. The molecule has 0 aliphatic rings. The molecule has 1 amide bonds. The van der Waals surface area contributed by atoms with Crippen molar-refractivity contribution in [3.8, 4) is 11.1 Å². The zero-order valence-electron chi connectivity index (χ0n) is 15.6. The maximum absolute atomic E-state index is 12.4. The van der Waals surface area contributed by atoms with Crippen LogP contribution in [0.1, 0.15) is 10.4 Å². The third-order valence-electron chi connectivity index (χ3n) is 4.07. The smallest absolute Gasteiger partial charge is 0.270 e. The molecule has 10 heteroatoms. The van der Waals surface area contributed by atoms with Crippen molar-refractivity contribution in [3.63, 3.8) is 0 Å². The van der Waals surface area contributed by atoms with Gasteiger partial charge in [-0.3, -0.25) is 19.6 Å². The zero-order chi connectivity index (χ0) is 21.9. The molecular weight excluding hydrogens is 430 g/mol. The van der Waals surface area contributed by atoms with Gasteiger partial charge in [0.1, 0.15) is 0 Å². The van der Waals surface area contributed by atoms with Crippen LogP contribution in [0.5, 0.6) is 0 Å². The number of carbonyl (C=O) groups excluding carboxylic acids is 1. The molecule has 2 N–H and O–H groups in total. The molecule has 0 aliphatic carbocycles. The van der Waals surface area contributed by atoms with E-state index in [-0.39, 0.29) is 16.3 Å². The lowest BCUT2D eigenvalue weighted by Gasteiger charge is -2.09. The molecule has 0 bridgehead atoms. The van der Waals surface area contributed by atoms with E-state index in [9.17, 15) is 23.3 Å². The number of nitrogens with zero attached hydrogens (tertiary/aromatic N) is 1. The minimum absolute atomic E-state index is 0.00362. The molecule has 3 rings (SSSR count). The Hall–Kier alpha value is -3.43. The summed E-state index contributed by atoms with van der Waals surface area (Å²) in [6, 6.07) is 17.4. The third kappa shape index (κ3) is 5.34. The summed E-state index contributed by atoms with van der Waals surface area (Å²) >= 11 is 5.99. The summed E-state index contributed by atoms with van der Waals surface area (Å²) in [4.78, 5) is 22.7. The van der Waals surface area contributed by atoms with Crippen molar-refractivity contribution in [2.75, 3.05) is 16.3 Å². The number of benzene rings is 3. The molecule has 0 radical (unpaired) electrons. The Morgan fingerprint density at radius 2 is 1.47 bits per heavy atom. The number of non-ortho nitro benzene ring substituents is 1. The zero-order valence-corrected chi connectivity index (χ0v) is 17.2. The Bertz CT molecular complexity index is 1210. The Kier molecular flexibility index (Phi) is 6.04. The van der Waals surface area contributed by atoms with E-state index in [0.29, 0.717) is 11.4 Å². The quantitative estimate of drug-likeness (QED) is 0.426. The standard InChI is InChI=1S/C20H16ClN3O5S/c1-30(28,29)23-16-8-4-14(5-9-16)13-2-6-15(7-3-13)22-20(25)18-12-17(24(26)27)10-11-19(18)21/h2-12,23H,1H3,(H,22,25). The fraction of sp³-hybridized carbons (Fsp3) is 0.0500. The van der Waals surface area contributed by atoms with Gasteiger partial charge in [0.2, 0.25) is 10.0 Å². The molecule has 0 fully saturated rings. The van der Waals surface area contributed by atoms with Gasteiger partial charge < -0.3 is 5.32 Å². The monoisotopic (exact) mass is 445 g/mol. The maximum Gasteiger partial charge on any atom is 0.270 e. The van der Waals surface area contributed by atoms with Crippen molar-refractivity contribution in [2.45, 2.75) is 0 Å². The Morgan fingerprint density at radius 3 is 1.97 bits per heavy atom. The number of amides is 1. The first kappa shape index (κ1) is 21.3. The first-order chi connectivity index (χ1) is 14.1. The topological polar surface area (TPSA) is 118 Å². The van der Waals surface area contributed by atoms with Crippen molar-refractivity contribution in [2.24, 2.45) is 0 Å². The second-order valence-corrected chi connectivity index (χ2v) is 8.56. The van der Waals surface area contributed by atoms with Gasteiger partial charge in [-0.1, -0.05) is 35.9 Å². The van der Waals surface area contributed by atoms with Crippen LogP contribution in [-0.2, 0) is 10.0 Å². The van der Waals surface area contributed by atoms with E-state index in [1.165, 1.54) is 12.1 Å². The molecule has 30 heavy (non-hydrogen) atoms. The summed E-state index contributed by atoms with van der Waals surface area (Å²) < 4.78 is 24.9. The molecule has 154 valence electrons. The predicted molar refractivity (Wildman–Crippen MR) is 116 cm³/mol. The molecule has 8 nitrogen and oxygen atoms in total. The lowest BCUT2D eigenvalue weighted by molar-refractivity contribution is -0.384. The normalized spacial score (nSPS) is 11.0. The summed E-state index contributed by atoms with van der Waals surface area (Å²) in [5, 5.41) is 13.7. The third-order valence-corrected chi connectivity index (χ3v) is 5.01. The van der Waals surface area contributed by atoms with Gasteiger partial charge in [-0.05, 0) is 41.5 Å². The number of hydrogen-bond acceptors (Lipinski definition) is 5. The molecule has 0 spiro atoms. The number of hydrogen-bond donors (Lipinski definition) is 2. The Morgan fingerprint density at radius 1 is 0.933 bits per heavy atom. The largest absolute Gasteiger partial charge is 0.322 e. The summed E-state index contributed by atoms with van der Waals surface area (Å²) in [7, 11) is -3.34. The minimum Gasteiger partial charge on any atom is -0.322 e. The molecule has 0 saturated carbocycles. The van der Waals surface area contributed by atoms with E-state index in [2.05, 4.69) is 10.0 Å². The second-order valence-electron chi connectivity index (χ2n) is 6.40. The summed E-state index contributed by atoms with van der Waals surface area (Å²) in [5.74, 6) is -0.562. The fourth-order valence-corrected chi connectivity index (χ4v) is 3.46. The van der Waals surface area contributed by atoms with Crippen molar-refractivity contribution >= 4 is 44.6 Å². The molecule has 3 aromatic rings. The van der Waals surface area contributed by atoms with Gasteiger partial charge in [-0.25, -0.2) is 8.42 Å². The number of nitro groups is 1. The summed E-state index contributed by atoms with van der Waals surface area (Å²) in [5.41, 5.74) is 2.43. The summed E-state index contributed by atoms with van der Waals surface area (Å²) in [6.45, 7) is 0. The van der Waals surface area contributed by atoms with Gasteiger partial charge >= 0.3 is 0 Å². The summed E-state index contributed by atoms with van der Waals surface area (Å²) in [6.07, 6.45) is 1.08. The average molecular weight is 446 g/mol. The van der Waals surface area contributed by atoms with E-state index in [4.69, 9.17) is 11.6 Å². The Labute approximate surface area is 177 Å². The number of nitrogens with one attached hydrogen (secondary N) is 2. The number of rotatable bonds is 6. The molecule has 0 atom stereocenters. The highest BCUT2D eigenvalue weighted by atomic mass is 35.5. The molecular formula is C20H16ClN3O5S. The van der Waals surface area contributed by atoms with Gasteiger partial charge in [0, 0.05) is 23.5 Å². The molecule has 0 saturated heterocycles. The Balaban J connectivity index is 1.74. The van der Waals surface area contributed by atoms with Gasteiger partial charge in [-0.15, -0.1) is 0 Å². The highest BCUT2D eigenvalue weighted by Crippen LogP contribution is 2.25. The predicted octanol–water partition coefficient (Wildman–Crippen LogP) is 4.54. The van der Waals surface area contributed by atoms with Crippen LogP contribution in [0.4, 0.5) is 17.1 Å². The van der Waals surface area contributed by atoms with Gasteiger partial charge in [0.05, 0.1) is 21.8 Å². The number of anilines is 2. The van der Waals surface area contributed by atoms with Gasteiger partial charge in [0.25, 0.3) is 11.6 Å². The maximum atomic E-state index is 12.4. The highest BCUT2D eigenvalue weighted by molar-refractivity contribution is 7.92. The SMILES string of the molecule is CS(=O)(=O)Nc1ccc(-c2ccc(NC(=O)c3cc([N+](=O)[O-])ccc3Cl)cc2)cc1. The fourth-order valence-electron chi connectivity index (χ4n) is 2.69. The highest BCUT2D eigenvalue weighted by Gasteiger charge is 2.16. The number of sulfonamides is 1. The average Bonchev–Trinajstić information content (AvgIpc) is 2.68. The van der Waals surface area contributed by atoms with Gasteiger partial charge in [0.15, 0.2) is 0 Å². The van der Waals surface area contributed by atoms with E-state index < -0.39 is 20.9 Å². The van der Waals surface area contributed by atoms with Crippen molar-refractivity contribution < 1.29 is 18.1 Å². The van der Waals surface area contributed by atoms with E-state index >= 15 is 0 Å². The van der Waals surface area contributed by atoms with E-state index in [1.807, 2.05) is 0 Å². The van der Waals surface area contributed by atoms with Crippen molar-refractivity contribution in [3.05, 3.63) is 87.4 Å². The molecule has 0 heterocycles. The lowest BCUT2D eigenvalue weighted by atomic mass is 10.0. The first-order valence-corrected chi connectivity index (χ1v) is 10.8. The number of nitro benzene ring substituents is 1. The second kappa shape index (κ2) is 8.52. The van der Waals surface area contributed by atoms with Crippen LogP contribution in [0.15, 0.2) is 66.7 Å². The van der Waals surface area contributed by atoms with Crippen LogP contribution in [0, 0.1) is 10.1 Å². The molecule has 3 aromatic carbocycles. The van der Waals surface area contributed by atoms with Crippen LogP contribution in [0.2, 0.25) is 5.02 Å². The van der Waals surface area contributed by atoms with Crippen molar-refractivity contribution in [1.29, 1.82) is 0 Å². The van der Waals surface area contributed by atoms with Crippen LogP contribution >= 0.6 is 11.6 Å². The number of halogens is 1. The first-order valence-electron chi connectivity index (χ1n) is 8.56. The number of carbonyl (C=O) groups is 1. The molecule has 0 unspecified atom stereocenters. The van der Waals surface area contributed by atoms with Crippen LogP contribution in [0.25, 0.3) is 11.1 Å².